The van der Waals surface area contributed by atoms with Gasteiger partial charge in [-0.15, -0.1) is 12.4 Å². The Balaban J connectivity index is 0.00000420. The smallest absolute Gasteiger partial charge is 0.293 e. The molecule has 0 spiro atoms. The summed E-state index contributed by atoms with van der Waals surface area (Å²) in [5.74, 6) is 0.894. The quantitative estimate of drug-likeness (QED) is 0.214. The fourth-order valence-electron chi connectivity index (χ4n) is 4.82. The molecular formula is C27H36ClN5O5S. The van der Waals surface area contributed by atoms with Gasteiger partial charge in [0.05, 0.1) is 19.1 Å². The van der Waals surface area contributed by atoms with E-state index in [1.165, 1.54) is 17.4 Å². The largest absolute Gasteiger partial charge is 0.495 e. The monoisotopic (exact) mass is 577 g/mol. The highest BCUT2D eigenvalue weighted by Gasteiger charge is 2.28. The van der Waals surface area contributed by atoms with Gasteiger partial charge in [0.15, 0.2) is 5.13 Å². The number of hydrogen-bond donors (Lipinski definition) is 0. The van der Waals surface area contributed by atoms with Crippen molar-refractivity contribution in [3.8, 4) is 11.5 Å². The summed E-state index contributed by atoms with van der Waals surface area (Å²) in [5.41, 5.74) is 1.39. The number of thiazole rings is 1. The van der Waals surface area contributed by atoms with Crippen molar-refractivity contribution in [1.29, 1.82) is 0 Å². The van der Waals surface area contributed by atoms with Gasteiger partial charge in [-0.1, -0.05) is 25.2 Å². The Morgan fingerprint density at radius 2 is 1.72 bits per heavy atom. The first-order valence-corrected chi connectivity index (χ1v) is 13.8. The van der Waals surface area contributed by atoms with E-state index in [0.29, 0.717) is 40.9 Å². The number of carbonyl (C=O) groups excluding carboxylic acids is 1. The number of piperidine rings is 1. The fourth-order valence-corrected chi connectivity index (χ4v) is 5.91. The number of nitrogens with zero attached hydrogens (tertiary/aromatic N) is 5. The summed E-state index contributed by atoms with van der Waals surface area (Å²) in [7, 11) is 3.17. The van der Waals surface area contributed by atoms with Crippen LogP contribution in [-0.2, 0) is 0 Å². The lowest BCUT2D eigenvalue weighted by atomic mass is 10.1. The molecule has 1 amide bonds. The number of fused-ring (bicyclic) bond motifs is 1. The first kappa shape index (κ1) is 30.4. The van der Waals surface area contributed by atoms with Crippen LogP contribution in [0.3, 0.4) is 0 Å². The van der Waals surface area contributed by atoms with Gasteiger partial charge in [-0.2, -0.15) is 0 Å². The van der Waals surface area contributed by atoms with Gasteiger partial charge in [-0.3, -0.25) is 19.8 Å². The molecule has 0 saturated carbocycles. The van der Waals surface area contributed by atoms with Crippen molar-refractivity contribution in [2.45, 2.75) is 33.1 Å². The minimum Gasteiger partial charge on any atom is -0.495 e. The molecule has 0 N–H and O–H groups in total. The Kier molecular flexibility index (Phi) is 10.7. The normalized spacial score (nSPS) is 13.3. The van der Waals surface area contributed by atoms with Gasteiger partial charge in [-0.25, -0.2) is 4.98 Å². The maximum Gasteiger partial charge on any atom is 0.293 e. The maximum absolute atomic E-state index is 14.0. The summed E-state index contributed by atoms with van der Waals surface area (Å²) in [6.45, 7) is 8.41. The molecular weight excluding hydrogens is 542 g/mol. The van der Waals surface area contributed by atoms with E-state index in [4.69, 9.17) is 14.5 Å². The van der Waals surface area contributed by atoms with Crippen molar-refractivity contribution in [2.75, 3.05) is 63.3 Å². The van der Waals surface area contributed by atoms with Crippen LogP contribution in [0.1, 0.15) is 43.5 Å². The molecule has 2 heterocycles. The first-order chi connectivity index (χ1) is 18.4. The predicted molar refractivity (Wildman–Crippen MR) is 159 cm³/mol. The summed E-state index contributed by atoms with van der Waals surface area (Å²) in [6.07, 6.45) is 3.13. The summed E-state index contributed by atoms with van der Waals surface area (Å²) in [6, 6.07) is 8.41. The van der Waals surface area contributed by atoms with E-state index in [9.17, 15) is 14.9 Å². The minimum atomic E-state index is -0.394. The number of benzene rings is 2. The van der Waals surface area contributed by atoms with Gasteiger partial charge < -0.3 is 19.3 Å². The third-order valence-corrected chi connectivity index (χ3v) is 8.12. The molecule has 1 saturated heterocycles. The molecule has 2 aromatic carbocycles. The number of anilines is 2. The van der Waals surface area contributed by atoms with Crippen LogP contribution in [-0.4, -0.2) is 74.2 Å². The van der Waals surface area contributed by atoms with Crippen molar-refractivity contribution in [1.82, 2.24) is 9.88 Å². The summed E-state index contributed by atoms with van der Waals surface area (Å²) in [5, 5.41) is 12.5. The standard InChI is InChI=1S/C27H35N5O5S.ClH/c1-5-29(6-2)16-17-31(27-28-24-22(36-3)12-13-23(37-4)25(24)38-27)26(33)19-10-11-20(21(18-19)32(34)35)30-14-8-7-9-15-30;/h10-13,18H,5-9,14-17H2,1-4H3;1H. The molecule has 0 unspecified atom stereocenters. The Hall–Kier alpha value is -3.15. The lowest BCUT2D eigenvalue weighted by molar-refractivity contribution is -0.384. The van der Waals surface area contributed by atoms with Crippen molar-refractivity contribution in [2.24, 2.45) is 0 Å². The van der Waals surface area contributed by atoms with Crippen LogP contribution >= 0.6 is 23.7 Å². The molecule has 12 heteroatoms. The van der Waals surface area contributed by atoms with Gasteiger partial charge >= 0.3 is 0 Å². The highest BCUT2D eigenvalue weighted by atomic mass is 35.5. The number of likely N-dealkylation sites (N-methyl/N-ethyl adjacent to an activating group) is 1. The number of rotatable bonds is 11. The molecule has 39 heavy (non-hydrogen) atoms. The van der Waals surface area contributed by atoms with E-state index >= 15 is 0 Å². The number of methoxy groups -OCH3 is 2. The number of carbonyl (C=O) groups is 1. The lowest BCUT2D eigenvalue weighted by Gasteiger charge is -2.28. The van der Waals surface area contributed by atoms with E-state index in [0.717, 1.165) is 50.1 Å². The highest BCUT2D eigenvalue weighted by Crippen LogP contribution is 2.40. The third-order valence-electron chi connectivity index (χ3n) is 7.03. The van der Waals surface area contributed by atoms with Crippen LogP contribution in [0.25, 0.3) is 10.2 Å². The van der Waals surface area contributed by atoms with Crippen molar-refractivity contribution in [3.05, 3.63) is 46.0 Å². The molecule has 0 bridgehead atoms. The van der Waals surface area contributed by atoms with Gasteiger partial charge in [0.1, 0.15) is 27.4 Å². The maximum atomic E-state index is 14.0. The molecule has 0 aliphatic carbocycles. The van der Waals surface area contributed by atoms with Crippen LogP contribution in [0.4, 0.5) is 16.5 Å². The van der Waals surface area contributed by atoms with Crippen molar-refractivity contribution < 1.29 is 19.2 Å². The van der Waals surface area contributed by atoms with Crippen LogP contribution in [0.15, 0.2) is 30.3 Å². The van der Waals surface area contributed by atoms with E-state index in [1.54, 1.807) is 37.3 Å². The molecule has 3 aromatic rings. The van der Waals surface area contributed by atoms with Crippen molar-refractivity contribution in [3.63, 3.8) is 0 Å². The van der Waals surface area contributed by atoms with Crippen LogP contribution < -0.4 is 19.3 Å². The molecule has 1 aliphatic rings. The summed E-state index contributed by atoms with van der Waals surface area (Å²) < 4.78 is 11.8. The first-order valence-electron chi connectivity index (χ1n) is 13.0. The zero-order valence-corrected chi connectivity index (χ0v) is 24.5. The minimum absolute atomic E-state index is 0. The number of hydrogen-bond acceptors (Lipinski definition) is 9. The summed E-state index contributed by atoms with van der Waals surface area (Å²) in [4.78, 5) is 36.3. The molecule has 212 valence electrons. The van der Waals surface area contributed by atoms with Gasteiger partial charge in [0.25, 0.3) is 11.6 Å². The average molecular weight is 578 g/mol. The third kappa shape index (κ3) is 6.54. The predicted octanol–water partition coefficient (Wildman–Crippen LogP) is 5.62. The topological polar surface area (TPSA) is 101 Å². The molecule has 10 nitrogen and oxygen atoms in total. The Labute approximate surface area is 239 Å². The zero-order valence-electron chi connectivity index (χ0n) is 22.8. The number of aromatic nitrogens is 1. The SMILES string of the molecule is CCN(CC)CCN(C(=O)c1ccc(N2CCCCC2)c([N+](=O)[O-])c1)c1nc2c(OC)ccc(OC)c2s1.Cl. The number of amides is 1. The highest BCUT2D eigenvalue weighted by molar-refractivity contribution is 7.22. The van der Waals surface area contributed by atoms with E-state index in [-0.39, 0.29) is 29.6 Å². The van der Waals surface area contributed by atoms with Crippen LogP contribution in [0.5, 0.6) is 11.5 Å². The number of ether oxygens (including phenoxy) is 2. The summed E-state index contributed by atoms with van der Waals surface area (Å²) >= 11 is 1.34. The molecule has 1 aliphatic heterocycles. The van der Waals surface area contributed by atoms with Crippen molar-refractivity contribution >= 4 is 56.4 Å². The number of nitro benzene ring substituents is 1. The van der Waals surface area contributed by atoms with E-state index < -0.39 is 4.92 Å². The second-order valence-electron chi connectivity index (χ2n) is 9.14. The second-order valence-corrected chi connectivity index (χ2v) is 10.1. The Morgan fingerprint density at radius 3 is 2.33 bits per heavy atom. The number of halogens is 1. The molecule has 0 atom stereocenters. The number of nitro groups is 1. The van der Waals surface area contributed by atoms with Gasteiger partial charge in [0, 0.05) is 37.8 Å². The Morgan fingerprint density at radius 1 is 1.05 bits per heavy atom. The van der Waals surface area contributed by atoms with Crippen LogP contribution in [0.2, 0.25) is 0 Å². The van der Waals surface area contributed by atoms with Crippen LogP contribution in [0, 0.1) is 10.1 Å². The lowest BCUT2D eigenvalue weighted by Crippen LogP contribution is -2.39. The van der Waals surface area contributed by atoms with E-state index in [2.05, 4.69) is 18.7 Å². The molecule has 0 radical (unpaired) electrons. The molecule has 1 aromatic heterocycles. The second kappa shape index (κ2) is 13.8. The zero-order chi connectivity index (χ0) is 27.2. The molecule has 1 fully saturated rings. The Bertz CT molecular complexity index is 1250. The van der Waals surface area contributed by atoms with E-state index in [1.807, 2.05) is 11.0 Å². The average Bonchev–Trinajstić information content (AvgIpc) is 3.40. The molecule has 4 rings (SSSR count). The fraction of sp³-hybridized carbons (Fsp3) is 0.481. The van der Waals surface area contributed by atoms with Gasteiger partial charge in [0.2, 0.25) is 0 Å². The van der Waals surface area contributed by atoms with Gasteiger partial charge in [-0.05, 0) is 56.6 Å².